The van der Waals surface area contributed by atoms with Crippen LogP contribution in [0.15, 0.2) is 41.6 Å². The molecule has 0 aliphatic carbocycles. The van der Waals surface area contributed by atoms with Gasteiger partial charge in [0, 0.05) is 29.2 Å². The number of nitrogens with one attached hydrogen (secondary N) is 1. The summed E-state index contributed by atoms with van der Waals surface area (Å²) in [5.41, 5.74) is 10.5. The van der Waals surface area contributed by atoms with Crippen molar-refractivity contribution in [1.82, 2.24) is 9.55 Å². The van der Waals surface area contributed by atoms with E-state index in [2.05, 4.69) is 59.9 Å². The fraction of sp³-hybridized carbons (Fsp3) is 0.238. The van der Waals surface area contributed by atoms with Crippen LogP contribution in [-0.4, -0.2) is 20.7 Å². The van der Waals surface area contributed by atoms with Gasteiger partial charge in [0.15, 0.2) is 0 Å². The van der Waals surface area contributed by atoms with E-state index in [-0.39, 0.29) is 11.5 Å². The predicted octanol–water partition coefficient (Wildman–Crippen LogP) is 4.77. The first-order valence-electron chi connectivity index (χ1n) is 8.95. The molecule has 0 saturated carbocycles. The minimum absolute atomic E-state index is 0.114. The molecule has 3 rings (SSSR count). The lowest BCUT2D eigenvalue weighted by Crippen LogP contribution is -2.05. The van der Waals surface area contributed by atoms with E-state index in [9.17, 15) is 10.1 Å². The second-order valence-electron chi connectivity index (χ2n) is 6.91. The molecule has 28 heavy (non-hydrogen) atoms. The van der Waals surface area contributed by atoms with Gasteiger partial charge in [-0.3, -0.25) is 15.5 Å². The van der Waals surface area contributed by atoms with Gasteiger partial charge in [0.1, 0.15) is 0 Å². The van der Waals surface area contributed by atoms with Crippen LogP contribution in [0.2, 0.25) is 0 Å². The third kappa shape index (κ3) is 3.64. The van der Waals surface area contributed by atoms with Gasteiger partial charge in [-0.15, -0.1) is 0 Å². The van der Waals surface area contributed by atoms with Gasteiger partial charge in [0.2, 0.25) is 5.82 Å². The second kappa shape index (κ2) is 7.64. The molecule has 0 spiro atoms. The monoisotopic (exact) mass is 377 g/mol. The van der Waals surface area contributed by atoms with Gasteiger partial charge in [-0.05, 0) is 57.9 Å². The molecule has 0 unspecified atom stereocenters. The van der Waals surface area contributed by atoms with Crippen LogP contribution in [0.5, 0.6) is 0 Å². The zero-order valence-corrected chi connectivity index (χ0v) is 16.6. The molecule has 0 saturated heterocycles. The highest BCUT2D eigenvalue weighted by Crippen LogP contribution is 2.27. The van der Waals surface area contributed by atoms with Crippen LogP contribution >= 0.6 is 0 Å². The van der Waals surface area contributed by atoms with Crippen molar-refractivity contribution in [2.24, 2.45) is 5.10 Å². The number of hydrogen-bond donors (Lipinski definition) is 1. The number of aromatic nitrogens is 2. The highest BCUT2D eigenvalue weighted by atomic mass is 16.6. The van der Waals surface area contributed by atoms with Crippen LogP contribution in [-0.2, 0) is 0 Å². The molecule has 0 bridgehead atoms. The summed E-state index contributed by atoms with van der Waals surface area (Å²) in [7, 11) is 0. The van der Waals surface area contributed by atoms with E-state index >= 15 is 0 Å². The maximum Gasteiger partial charge on any atom is 0.313 e. The van der Waals surface area contributed by atoms with Gasteiger partial charge in [-0.25, -0.2) is 4.98 Å². The molecule has 7 nitrogen and oxygen atoms in total. The third-order valence-corrected chi connectivity index (χ3v) is 4.69. The Morgan fingerprint density at radius 1 is 1.14 bits per heavy atom. The quantitative estimate of drug-likeness (QED) is 0.394. The number of nitro groups is 1. The number of anilines is 1. The average molecular weight is 377 g/mol. The maximum absolute atomic E-state index is 11.1. The van der Waals surface area contributed by atoms with Crippen molar-refractivity contribution in [3.63, 3.8) is 0 Å². The molecule has 3 aromatic rings. The van der Waals surface area contributed by atoms with Gasteiger partial charge < -0.3 is 4.57 Å². The van der Waals surface area contributed by atoms with Gasteiger partial charge in [0.05, 0.1) is 16.8 Å². The zero-order valence-electron chi connectivity index (χ0n) is 16.6. The second-order valence-corrected chi connectivity index (χ2v) is 6.91. The lowest BCUT2D eigenvalue weighted by Gasteiger charge is -2.16. The Morgan fingerprint density at radius 3 is 2.46 bits per heavy atom. The van der Waals surface area contributed by atoms with Crippen molar-refractivity contribution in [3.05, 3.63) is 80.3 Å². The first-order chi connectivity index (χ1) is 13.3. The predicted molar refractivity (Wildman–Crippen MR) is 112 cm³/mol. The van der Waals surface area contributed by atoms with Crippen molar-refractivity contribution >= 4 is 17.7 Å². The first-order valence-corrected chi connectivity index (χ1v) is 8.95. The highest BCUT2D eigenvalue weighted by molar-refractivity contribution is 5.83. The summed E-state index contributed by atoms with van der Waals surface area (Å²) >= 11 is 0. The van der Waals surface area contributed by atoms with E-state index in [1.54, 1.807) is 6.21 Å². The Balaban J connectivity index is 1.94. The normalized spacial score (nSPS) is 11.2. The van der Waals surface area contributed by atoms with E-state index in [1.807, 2.05) is 13.0 Å². The van der Waals surface area contributed by atoms with Gasteiger partial charge in [-0.1, -0.05) is 17.7 Å². The first kappa shape index (κ1) is 19.3. The molecule has 0 aliphatic heterocycles. The molecule has 2 heterocycles. The van der Waals surface area contributed by atoms with Crippen LogP contribution in [0.1, 0.15) is 33.6 Å². The Labute approximate surface area is 163 Å². The number of hydrogen-bond acceptors (Lipinski definition) is 5. The van der Waals surface area contributed by atoms with Crippen LogP contribution in [0.25, 0.3) is 5.69 Å². The Morgan fingerprint density at radius 2 is 1.82 bits per heavy atom. The van der Waals surface area contributed by atoms with Crippen LogP contribution in [0, 0.1) is 44.7 Å². The third-order valence-electron chi connectivity index (χ3n) is 4.69. The number of hydrazone groups is 1. The minimum atomic E-state index is -0.486. The number of pyridine rings is 1. The van der Waals surface area contributed by atoms with E-state index in [0.717, 1.165) is 17.0 Å². The minimum Gasteiger partial charge on any atom is -0.317 e. The summed E-state index contributed by atoms with van der Waals surface area (Å²) in [6.45, 7) is 10.4. The van der Waals surface area contributed by atoms with Crippen molar-refractivity contribution in [1.29, 1.82) is 0 Å². The Kier molecular flexibility index (Phi) is 5.26. The molecule has 144 valence electrons. The topological polar surface area (TPSA) is 85.3 Å². The molecule has 0 amide bonds. The summed E-state index contributed by atoms with van der Waals surface area (Å²) in [5.74, 6) is 0.114. The molecule has 1 aromatic carbocycles. The lowest BCUT2D eigenvalue weighted by molar-refractivity contribution is -0.384. The smallest absolute Gasteiger partial charge is 0.313 e. The largest absolute Gasteiger partial charge is 0.317 e. The van der Waals surface area contributed by atoms with Gasteiger partial charge >= 0.3 is 5.69 Å². The summed E-state index contributed by atoms with van der Waals surface area (Å²) in [4.78, 5) is 14.6. The molecule has 0 atom stereocenters. The van der Waals surface area contributed by atoms with Crippen molar-refractivity contribution < 1.29 is 4.92 Å². The fourth-order valence-corrected chi connectivity index (χ4v) is 3.58. The number of rotatable bonds is 5. The van der Waals surface area contributed by atoms with Crippen LogP contribution in [0.3, 0.4) is 0 Å². The number of benzene rings is 1. The maximum atomic E-state index is 11.1. The summed E-state index contributed by atoms with van der Waals surface area (Å²) in [6.07, 6.45) is 3.15. The fourth-order valence-electron chi connectivity index (χ4n) is 3.58. The molecular formula is C21H23N5O2. The van der Waals surface area contributed by atoms with Crippen molar-refractivity contribution in [2.45, 2.75) is 34.6 Å². The molecule has 0 radical (unpaired) electrons. The van der Waals surface area contributed by atoms with Crippen molar-refractivity contribution in [3.8, 4) is 5.69 Å². The molecule has 1 N–H and O–H groups in total. The summed E-state index contributed by atoms with van der Waals surface area (Å²) < 4.78 is 2.22. The average Bonchev–Trinajstić information content (AvgIpc) is 2.89. The molecule has 2 aromatic heterocycles. The molecule has 0 aliphatic rings. The van der Waals surface area contributed by atoms with Gasteiger partial charge in [-0.2, -0.15) is 5.10 Å². The van der Waals surface area contributed by atoms with E-state index in [1.165, 1.54) is 40.7 Å². The van der Waals surface area contributed by atoms with Crippen LogP contribution in [0.4, 0.5) is 11.5 Å². The van der Waals surface area contributed by atoms with Crippen molar-refractivity contribution in [2.75, 3.05) is 5.43 Å². The number of nitrogens with zero attached hydrogens (tertiary/aromatic N) is 4. The SMILES string of the molecule is Cc1cc(C)c(-n2c(C)cc(/C=N/Nc3ncccc3[N+](=O)[O-])c2C)c(C)c1. The zero-order chi connectivity index (χ0) is 20.4. The summed E-state index contributed by atoms with van der Waals surface area (Å²) in [6, 6.07) is 9.31. The molecule has 0 fully saturated rings. The van der Waals surface area contributed by atoms with E-state index in [0.29, 0.717) is 0 Å². The number of aryl methyl sites for hydroxylation is 4. The Bertz CT molecular complexity index is 1060. The molecular weight excluding hydrogens is 354 g/mol. The van der Waals surface area contributed by atoms with E-state index < -0.39 is 4.92 Å². The molecule has 7 heteroatoms. The standard InChI is InChI=1S/C21H23N5O2/c1-13-9-14(2)20(15(3)10-13)25-16(4)11-18(17(25)5)12-23-24-21-19(26(27)28)7-6-8-22-21/h6-12H,1-5H3,(H,22,24)/b23-12+. The van der Waals surface area contributed by atoms with E-state index in [4.69, 9.17) is 0 Å². The highest BCUT2D eigenvalue weighted by Gasteiger charge is 2.15. The van der Waals surface area contributed by atoms with Crippen LogP contribution < -0.4 is 5.43 Å². The Hall–Kier alpha value is -3.48. The lowest BCUT2D eigenvalue weighted by atomic mass is 10.0. The van der Waals surface area contributed by atoms with Gasteiger partial charge in [0.25, 0.3) is 0 Å². The summed E-state index contributed by atoms with van der Waals surface area (Å²) in [5, 5.41) is 15.2.